The molecule has 2 unspecified atom stereocenters. The molecule has 0 saturated heterocycles. The van der Waals surface area contributed by atoms with Gasteiger partial charge in [0.2, 0.25) is 0 Å². The summed E-state index contributed by atoms with van der Waals surface area (Å²) in [7, 11) is 0. The van der Waals surface area contributed by atoms with Crippen LogP contribution in [0.5, 0.6) is 0 Å². The Balaban J connectivity index is 1.16. The van der Waals surface area contributed by atoms with Crippen LogP contribution < -0.4 is 4.90 Å². The van der Waals surface area contributed by atoms with Crippen molar-refractivity contribution in [1.29, 1.82) is 0 Å². The topological polar surface area (TPSA) is 8.17 Å². The molecule has 0 N–H and O–H groups in total. The highest BCUT2D eigenvalue weighted by atomic mass is 15.2. The van der Waals surface area contributed by atoms with E-state index in [4.69, 9.17) is 0 Å². The second kappa shape index (κ2) is 9.87. The van der Waals surface area contributed by atoms with E-state index in [-0.39, 0.29) is 6.04 Å². The van der Waals surface area contributed by atoms with Crippen molar-refractivity contribution in [3.8, 4) is 27.9 Å². The third-order valence-corrected chi connectivity index (χ3v) is 12.1. The summed E-state index contributed by atoms with van der Waals surface area (Å²) in [6.07, 6.45) is 9.15. The molecule has 1 aromatic heterocycles. The molecule has 0 amide bonds. The first-order valence-electron chi connectivity index (χ1n) is 18.0. The molecule has 0 radical (unpaired) electrons. The summed E-state index contributed by atoms with van der Waals surface area (Å²) in [4.78, 5) is 2.57. The summed E-state index contributed by atoms with van der Waals surface area (Å²) in [5.41, 5.74) is 17.9. The lowest BCUT2D eigenvalue weighted by Gasteiger charge is -2.32. The number of hydrogen-bond acceptors (Lipinski definition) is 1. The van der Waals surface area contributed by atoms with E-state index in [9.17, 15) is 0 Å². The van der Waals surface area contributed by atoms with Crippen molar-refractivity contribution in [2.24, 2.45) is 0 Å². The third kappa shape index (κ3) is 3.38. The quantitative estimate of drug-likeness (QED) is 0.181. The van der Waals surface area contributed by atoms with Gasteiger partial charge in [0.15, 0.2) is 0 Å². The molecule has 2 atom stereocenters. The fourth-order valence-corrected chi connectivity index (χ4v) is 10.2. The molecule has 12 rings (SSSR count). The van der Waals surface area contributed by atoms with Gasteiger partial charge in [-0.25, -0.2) is 0 Å². The second-order valence-corrected chi connectivity index (χ2v) is 14.4. The minimum absolute atomic E-state index is 0.247. The van der Waals surface area contributed by atoms with Crippen molar-refractivity contribution >= 4 is 33.2 Å². The smallest absolute Gasteiger partial charge is 0.0725 e. The highest BCUT2D eigenvalue weighted by Gasteiger charge is 2.52. The maximum Gasteiger partial charge on any atom is 0.0725 e. The number of aromatic nitrogens is 1. The van der Waals surface area contributed by atoms with Crippen LogP contribution in [0.2, 0.25) is 0 Å². The van der Waals surface area contributed by atoms with Gasteiger partial charge >= 0.3 is 0 Å². The normalized spacial score (nSPS) is 18.2. The zero-order valence-corrected chi connectivity index (χ0v) is 27.9. The van der Waals surface area contributed by atoms with E-state index >= 15 is 0 Å². The Morgan fingerprint density at radius 1 is 0.431 bits per heavy atom. The second-order valence-electron chi connectivity index (χ2n) is 14.4. The Morgan fingerprint density at radius 2 is 0.961 bits per heavy atom. The van der Waals surface area contributed by atoms with Gasteiger partial charge in [-0.1, -0.05) is 140 Å². The summed E-state index contributed by atoms with van der Waals surface area (Å²) in [6.45, 7) is 0. The lowest BCUT2D eigenvalue weighted by Crippen LogP contribution is -2.29. The minimum Gasteiger partial charge on any atom is -0.333 e. The van der Waals surface area contributed by atoms with Crippen molar-refractivity contribution in [1.82, 2.24) is 4.57 Å². The van der Waals surface area contributed by atoms with Gasteiger partial charge in [0, 0.05) is 33.8 Å². The van der Waals surface area contributed by atoms with E-state index in [0.29, 0.717) is 5.92 Å². The van der Waals surface area contributed by atoms with Crippen molar-refractivity contribution < 1.29 is 0 Å². The van der Waals surface area contributed by atoms with Crippen LogP contribution in [-0.2, 0) is 5.41 Å². The number of anilines is 2. The van der Waals surface area contributed by atoms with E-state index in [1.165, 1.54) is 88.9 Å². The molecule has 2 heterocycles. The van der Waals surface area contributed by atoms with Crippen LogP contribution in [0.15, 0.2) is 182 Å². The van der Waals surface area contributed by atoms with Crippen LogP contribution in [0.3, 0.4) is 0 Å². The molecule has 1 aliphatic heterocycles. The molecule has 0 saturated carbocycles. The van der Waals surface area contributed by atoms with Crippen LogP contribution >= 0.6 is 0 Å². The van der Waals surface area contributed by atoms with Crippen molar-refractivity contribution in [2.45, 2.75) is 17.4 Å². The lowest BCUT2D eigenvalue weighted by molar-refractivity contribution is 0.744. The molecule has 4 aliphatic rings. The fourth-order valence-electron chi connectivity index (χ4n) is 10.2. The maximum atomic E-state index is 2.57. The first kappa shape index (κ1) is 27.4. The standard InChI is InChI=1S/C49H32N2/c1-7-19-41-33(13-1)34-14-2-8-20-42(34)49(41)43-27-25-31(50-45-21-9-3-15-35(45)36-16-4-10-22-46(36)50)29-39(43)40-30-32(26-28-44(40)49)51-47-23-11-5-17-37(47)38-18-6-12-24-48(38)51/h1-30,35,45H. The largest absolute Gasteiger partial charge is 0.333 e. The summed E-state index contributed by atoms with van der Waals surface area (Å²) in [6, 6.07) is 59.6. The number of benzene rings is 7. The molecule has 3 aliphatic carbocycles. The van der Waals surface area contributed by atoms with Crippen LogP contribution in [0.25, 0.3) is 49.7 Å². The average Bonchev–Trinajstić information content (AvgIpc) is 3.90. The average molecular weight is 649 g/mol. The molecule has 1 spiro atoms. The molecular formula is C49H32N2. The van der Waals surface area contributed by atoms with Crippen molar-refractivity contribution in [3.05, 3.63) is 210 Å². The third-order valence-electron chi connectivity index (χ3n) is 12.1. The molecule has 51 heavy (non-hydrogen) atoms. The SMILES string of the molecule is C1=CC2c3ccccc3N(c3ccc4c(c3)-c3cc(-n5c6ccccc6c6ccccc65)ccc3C43c4ccccc4-c4ccccc43)C2C=C1. The zero-order chi connectivity index (χ0) is 33.3. The van der Waals surface area contributed by atoms with Gasteiger partial charge < -0.3 is 9.47 Å². The molecule has 2 heteroatoms. The monoisotopic (exact) mass is 648 g/mol. The molecule has 0 bridgehead atoms. The number of hydrogen-bond donors (Lipinski definition) is 0. The van der Waals surface area contributed by atoms with Gasteiger partial charge in [-0.05, 0) is 92.5 Å². The molecule has 238 valence electrons. The summed E-state index contributed by atoms with van der Waals surface area (Å²) in [5, 5.41) is 2.56. The van der Waals surface area contributed by atoms with E-state index in [1.807, 2.05) is 0 Å². The number of rotatable bonds is 2. The van der Waals surface area contributed by atoms with Gasteiger partial charge in [-0.3, -0.25) is 0 Å². The van der Waals surface area contributed by atoms with E-state index < -0.39 is 5.41 Å². The Hall–Kier alpha value is -6.38. The summed E-state index contributed by atoms with van der Waals surface area (Å²) < 4.78 is 2.45. The first-order valence-corrected chi connectivity index (χ1v) is 18.0. The minimum atomic E-state index is -0.394. The molecular weight excluding hydrogens is 617 g/mol. The van der Waals surface area contributed by atoms with E-state index in [0.717, 1.165) is 0 Å². The predicted octanol–water partition coefficient (Wildman–Crippen LogP) is 11.9. The Morgan fingerprint density at radius 3 is 1.67 bits per heavy atom. The van der Waals surface area contributed by atoms with Gasteiger partial charge in [-0.2, -0.15) is 0 Å². The fraction of sp³-hybridized carbons (Fsp3) is 0.0612. The van der Waals surface area contributed by atoms with Crippen molar-refractivity contribution in [3.63, 3.8) is 0 Å². The number of allylic oxidation sites excluding steroid dienone is 2. The molecule has 2 nitrogen and oxygen atoms in total. The van der Waals surface area contributed by atoms with Crippen LogP contribution in [0, 0.1) is 0 Å². The van der Waals surface area contributed by atoms with Crippen molar-refractivity contribution in [2.75, 3.05) is 4.90 Å². The van der Waals surface area contributed by atoms with E-state index in [2.05, 4.69) is 191 Å². The van der Waals surface area contributed by atoms with Crippen LogP contribution in [0.1, 0.15) is 33.7 Å². The molecule has 0 fully saturated rings. The summed E-state index contributed by atoms with van der Waals surface area (Å²) in [5.74, 6) is 0.341. The first-order chi connectivity index (χ1) is 25.3. The van der Waals surface area contributed by atoms with E-state index in [1.54, 1.807) is 0 Å². The van der Waals surface area contributed by atoms with Gasteiger partial charge in [-0.15, -0.1) is 0 Å². The lowest BCUT2D eigenvalue weighted by atomic mass is 9.70. The zero-order valence-electron chi connectivity index (χ0n) is 27.9. The Bertz CT molecular complexity index is 2750. The predicted molar refractivity (Wildman–Crippen MR) is 210 cm³/mol. The Labute approximate surface area is 296 Å². The number of nitrogens with zero attached hydrogens (tertiary/aromatic N) is 2. The van der Waals surface area contributed by atoms with Gasteiger partial charge in [0.1, 0.15) is 0 Å². The number of para-hydroxylation sites is 3. The van der Waals surface area contributed by atoms with Crippen LogP contribution in [0.4, 0.5) is 11.4 Å². The highest BCUT2D eigenvalue weighted by Crippen LogP contribution is 2.63. The highest BCUT2D eigenvalue weighted by molar-refractivity contribution is 6.09. The molecule has 8 aromatic rings. The number of fused-ring (bicyclic) bond motifs is 16. The van der Waals surface area contributed by atoms with Crippen LogP contribution in [-0.4, -0.2) is 10.6 Å². The Kier molecular flexibility index (Phi) is 5.31. The summed E-state index contributed by atoms with van der Waals surface area (Å²) >= 11 is 0. The van der Waals surface area contributed by atoms with Gasteiger partial charge in [0.05, 0.1) is 22.5 Å². The van der Waals surface area contributed by atoms with Gasteiger partial charge in [0.25, 0.3) is 0 Å². The molecule has 7 aromatic carbocycles. The maximum absolute atomic E-state index is 2.57.